The molecule has 2 heterocycles. The Hall–Kier alpha value is -1.91. The summed E-state index contributed by atoms with van der Waals surface area (Å²) in [4.78, 5) is 16.3. The molecule has 1 N–H and O–H groups in total. The van der Waals surface area contributed by atoms with Gasteiger partial charge in [-0.1, -0.05) is 12.1 Å². The molecule has 3 rings (SSSR count). The lowest BCUT2D eigenvalue weighted by atomic mass is 10.1. The number of carbonyl (C=O) groups is 1. The van der Waals surface area contributed by atoms with Crippen LogP contribution in [0.2, 0.25) is 0 Å². The van der Waals surface area contributed by atoms with Gasteiger partial charge in [0.15, 0.2) is 0 Å². The van der Waals surface area contributed by atoms with Crippen molar-refractivity contribution >= 4 is 17.0 Å². The van der Waals surface area contributed by atoms with Crippen LogP contribution in [-0.2, 0) is 0 Å². The first-order valence-corrected chi connectivity index (χ1v) is 6.66. The molecule has 2 aromatic rings. The lowest BCUT2D eigenvalue weighted by molar-refractivity contribution is 0.0937. The molecule has 19 heavy (non-hydrogen) atoms. The van der Waals surface area contributed by atoms with Gasteiger partial charge >= 0.3 is 0 Å². The topological polar surface area (TPSA) is 68.0 Å². The van der Waals surface area contributed by atoms with Crippen molar-refractivity contribution in [2.75, 3.05) is 0 Å². The second-order valence-corrected chi connectivity index (χ2v) is 5.43. The predicted molar refractivity (Wildman–Crippen MR) is 70.8 cm³/mol. The van der Waals surface area contributed by atoms with E-state index in [2.05, 4.69) is 22.4 Å². The Morgan fingerprint density at radius 1 is 1.47 bits per heavy atom. The average molecular weight is 259 g/mol. The third kappa shape index (κ3) is 2.32. The van der Waals surface area contributed by atoms with E-state index in [1.54, 1.807) is 12.3 Å². The van der Waals surface area contributed by atoms with Crippen molar-refractivity contribution in [1.82, 2.24) is 15.5 Å². The number of aromatic nitrogens is 2. The molecule has 2 aromatic heterocycles. The molecule has 0 radical (unpaired) electrons. The highest BCUT2D eigenvalue weighted by molar-refractivity contribution is 5.97. The minimum atomic E-state index is -0.0610. The van der Waals surface area contributed by atoms with Gasteiger partial charge in [0, 0.05) is 12.2 Å². The molecule has 2 unspecified atom stereocenters. The predicted octanol–water partition coefficient (Wildman–Crippen LogP) is 2.45. The zero-order valence-corrected chi connectivity index (χ0v) is 11.1. The fraction of sp³-hybridized carbons (Fsp3) is 0.500. The van der Waals surface area contributed by atoms with Gasteiger partial charge in [-0.05, 0) is 38.2 Å². The van der Waals surface area contributed by atoms with Crippen LogP contribution in [0.3, 0.4) is 0 Å². The highest BCUT2D eigenvalue weighted by Gasteiger charge is 2.23. The molecule has 0 saturated heterocycles. The number of amides is 1. The van der Waals surface area contributed by atoms with E-state index in [0.717, 1.165) is 23.9 Å². The number of hydrogen-bond donors (Lipinski definition) is 1. The van der Waals surface area contributed by atoms with Crippen LogP contribution in [0.1, 0.15) is 42.2 Å². The molecule has 1 fully saturated rings. The third-order valence-electron chi connectivity index (χ3n) is 3.80. The Bertz CT molecular complexity index is 620. The van der Waals surface area contributed by atoms with Gasteiger partial charge in [0.05, 0.1) is 16.6 Å². The van der Waals surface area contributed by atoms with E-state index in [9.17, 15) is 4.79 Å². The van der Waals surface area contributed by atoms with E-state index in [4.69, 9.17) is 4.52 Å². The summed E-state index contributed by atoms with van der Waals surface area (Å²) in [5.41, 5.74) is 1.80. The normalized spacial score (nSPS) is 22.8. The van der Waals surface area contributed by atoms with E-state index >= 15 is 0 Å². The van der Waals surface area contributed by atoms with Crippen LogP contribution in [0, 0.1) is 12.8 Å². The summed E-state index contributed by atoms with van der Waals surface area (Å²) >= 11 is 0. The van der Waals surface area contributed by atoms with Gasteiger partial charge in [-0.25, -0.2) is 4.98 Å². The van der Waals surface area contributed by atoms with Crippen LogP contribution < -0.4 is 5.32 Å². The molecule has 5 nitrogen and oxygen atoms in total. The van der Waals surface area contributed by atoms with Gasteiger partial charge in [-0.15, -0.1) is 0 Å². The van der Waals surface area contributed by atoms with Crippen LogP contribution in [0.5, 0.6) is 0 Å². The molecule has 1 amide bonds. The van der Waals surface area contributed by atoms with E-state index in [-0.39, 0.29) is 5.91 Å². The lowest BCUT2D eigenvalue weighted by Crippen LogP contribution is -2.32. The lowest BCUT2D eigenvalue weighted by Gasteiger charge is -2.12. The number of hydrogen-bond acceptors (Lipinski definition) is 4. The van der Waals surface area contributed by atoms with Crippen molar-refractivity contribution in [2.45, 2.75) is 39.2 Å². The number of fused-ring (bicyclic) bond motifs is 1. The molecule has 0 bridgehead atoms. The minimum Gasteiger partial charge on any atom is -0.349 e. The monoisotopic (exact) mass is 259 g/mol. The van der Waals surface area contributed by atoms with E-state index in [1.165, 1.54) is 6.42 Å². The van der Waals surface area contributed by atoms with Gasteiger partial charge in [-0.3, -0.25) is 4.79 Å². The van der Waals surface area contributed by atoms with Crippen molar-refractivity contribution in [2.24, 2.45) is 5.92 Å². The number of aryl methyl sites for hydroxylation is 1. The van der Waals surface area contributed by atoms with Crippen molar-refractivity contribution in [3.8, 4) is 0 Å². The molecular formula is C14H17N3O2. The van der Waals surface area contributed by atoms with Crippen molar-refractivity contribution < 1.29 is 9.32 Å². The average Bonchev–Trinajstić information content (AvgIpc) is 2.96. The first-order valence-electron chi connectivity index (χ1n) is 6.66. The van der Waals surface area contributed by atoms with Crippen LogP contribution in [-0.4, -0.2) is 22.1 Å². The van der Waals surface area contributed by atoms with E-state index < -0.39 is 0 Å². The number of nitrogens with zero attached hydrogens (tertiary/aromatic N) is 2. The molecule has 0 spiro atoms. The van der Waals surface area contributed by atoms with Gasteiger partial charge in [0.1, 0.15) is 0 Å². The van der Waals surface area contributed by atoms with Gasteiger partial charge in [0.25, 0.3) is 11.6 Å². The zero-order chi connectivity index (χ0) is 13.4. The molecule has 0 aliphatic heterocycles. The molecule has 5 heteroatoms. The Labute approximate surface area is 111 Å². The Morgan fingerprint density at radius 2 is 2.32 bits per heavy atom. The van der Waals surface area contributed by atoms with Crippen LogP contribution in [0.25, 0.3) is 11.1 Å². The fourth-order valence-electron chi connectivity index (χ4n) is 2.68. The minimum absolute atomic E-state index is 0.0610. The molecule has 1 saturated carbocycles. The maximum atomic E-state index is 12.2. The summed E-state index contributed by atoms with van der Waals surface area (Å²) < 4.78 is 5.04. The first-order chi connectivity index (χ1) is 9.13. The quantitative estimate of drug-likeness (QED) is 0.899. The fourth-order valence-corrected chi connectivity index (χ4v) is 2.68. The maximum absolute atomic E-state index is 12.2. The Morgan fingerprint density at radius 3 is 3.05 bits per heavy atom. The van der Waals surface area contributed by atoms with Crippen LogP contribution >= 0.6 is 0 Å². The first kappa shape index (κ1) is 12.1. The molecule has 1 aliphatic carbocycles. The largest absolute Gasteiger partial charge is 0.349 e. The molecule has 100 valence electrons. The van der Waals surface area contributed by atoms with Gasteiger partial charge in [0.2, 0.25) is 0 Å². The Kier molecular flexibility index (Phi) is 2.97. The summed E-state index contributed by atoms with van der Waals surface area (Å²) in [6, 6.07) is 2.09. The third-order valence-corrected chi connectivity index (χ3v) is 3.80. The van der Waals surface area contributed by atoms with Crippen molar-refractivity contribution in [3.63, 3.8) is 0 Å². The second kappa shape index (κ2) is 4.64. The van der Waals surface area contributed by atoms with Crippen LogP contribution in [0.4, 0.5) is 0 Å². The molecule has 2 atom stereocenters. The van der Waals surface area contributed by atoms with Crippen LogP contribution in [0.15, 0.2) is 16.8 Å². The maximum Gasteiger partial charge on any atom is 0.257 e. The molecular weight excluding hydrogens is 242 g/mol. The zero-order valence-electron chi connectivity index (χ0n) is 11.1. The number of carbonyl (C=O) groups excluding carboxylic acids is 1. The van der Waals surface area contributed by atoms with E-state index in [0.29, 0.717) is 23.2 Å². The Balaban J connectivity index is 1.79. The summed E-state index contributed by atoms with van der Waals surface area (Å²) in [7, 11) is 0. The molecule has 1 aliphatic rings. The number of nitrogens with one attached hydrogen (secondary N) is 1. The second-order valence-electron chi connectivity index (χ2n) is 5.43. The van der Waals surface area contributed by atoms with Gasteiger partial charge < -0.3 is 9.84 Å². The molecule has 0 aromatic carbocycles. The highest BCUT2D eigenvalue weighted by Crippen LogP contribution is 2.25. The highest BCUT2D eigenvalue weighted by atomic mass is 16.5. The number of rotatable bonds is 2. The SMILES string of the molecule is Cc1noc2ncc(C(=O)NC3CCC(C)C3)cc12. The van der Waals surface area contributed by atoms with E-state index in [1.807, 2.05) is 6.92 Å². The summed E-state index contributed by atoms with van der Waals surface area (Å²) in [6.45, 7) is 4.06. The summed E-state index contributed by atoms with van der Waals surface area (Å²) in [5.74, 6) is 0.639. The number of pyridine rings is 1. The summed E-state index contributed by atoms with van der Waals surface area (Å²) in [5, 5.41) is 7.71. The van der Waals surface area contributed by atoms with Crippen molar-refractivity contribution in [3.05, 3.63) is 23.5 Å². The van der Waals surface area contributed by atoms with Crippen molar-refractivity contribution in [1.29, 1.82) is 0 Å². The summed E-state index contributed by atoms with van der Waals surface area (Å²) in [6.07, 6.45) is 4.86. The van der Waals surface area contributed by atoms with Gasteiger partial charge in [-0.2, -0.15) is 0 Å². The standard InChI is InChI=1S/C14H17N3O2/c1-8-3-4-11(5-8)16-13(18)10-6-12-9(2)17-19-14(12)15-7-10/h6-8,11H,3-5H2,1-2H3,(H,16,18). The smallest absolute Gasteiger partial charge is 0.257 e.